The van der Waals surface area contributed by atoms with Gasteiger partial charge in [0.1, 0.15) is 0 Å². The van der Waals surface area contributed by atoms with Gasteiger partial charge in [0.2, 0.25) is 0 Å². The van der Waals surface area contributed by atoms with Gasteiger partial charge in [-0.1, -0.05) is 11.3 Å². The molecule has 2 aliphatic rings. The minimum absolute atomic E-state index is 0.237. The Labute approximate surface area is 110 Å². The zero-order valence-electron chi connectivity index (χ0n) is 10.1. The molecule has 1 aromatic heterocycles. The van der Waals surface area contributed by atoms with Crippen molar-refractivity contribution in [3.63, 3.8) is 0 Å². The molecule has 18 heavy (non-hydrogen) atoms. The Kier molecular flexibility index (Phi) is 3.09. The summed E-state index contributed by atoms with van der Waals surface area (Å²) in [6.45, 7) is 2.97. The van der Waals surface area contributed by atoms with Gasteiger partial charge in [-0.2, -0.15) is 0 Å². The summed E-state index contributed by atoms with van der Waals surface area (Å²) >= 11 is 1.21. The van der Waals surface area contributed by atoms with E-state index in [1.54, 1.807) is 6.07 Å². The highest BCUT2D eigenvalue weighted by molar-refractivity contribution is 7.13. The lowest BCUT2D eigenvalue weighted by Crippen LogP contribution is -2.30. The number of hydrogen-bond donors (Lipinski definition) is 1. The van der Waals surface area contributed by atoms with Gasteiger partial charge in [0.05, 0.1) is 4.92 Å². The summed E-state index contributed by atoms with van der Waals surface area (Å²) in [7, 11) is 0. The molecule has 0 spiro atoms. The number of nitro groups is 1. The molecule has 2 fully saturated rings. The molecule has 6 heteroatoms. The van der Waals surface area contributed by atoms with E-state index in [0.717, 1.165) is 37.5 Å². The second-order valence-corrected chi connectivity index (χ2v) is 6.30. The van der Waals surface area contributed by atoms with E-state index in [1.165, 1.54) is 17.8 Å². The summed E-state index contributed by atoms with van der Waals surface area (Å²) in [5, 5.41) is 12.8. The van der Waals surface area contributed by atoms with Crippen molar-refractivity contribution in [2.75, 3.05) is 13.1 Å². The van der Waals surface area contributed by atoms with E-state index in [9.17, 15) is 10.1 Å². The molecule has 2 heterocycles. The van der Waals surface area contributed by atoms with Crippen LogP contribution in [0.5, 0.6) is 0 Å². The van der Waals surface area contributed by atoms with Crippen LogP contribution in [0.4, 0.5) is 5.00 Å². The Morgan fingerprint density at radius 1 is 1.50 bits per heavy atom. The van der Waals surface area contributed by atoms with E-state index in [0.29, 0.717) is 12.0 Å². The molecule has 3 unspecified atom stereocenters. The van der Waals surface area contributed by atoms with Crippen LogP contribution in [-0.2, 0) is 6.54 Å². The monoisotopic (exact) mass is 267 g/mol. The number of nitrogens with zero attached hydrogens (tertiary/aromatic N) is 2. The van der Waals surface area contributed by atoms with E-state index < -0.39 is 0 Å². The first-order valence-electron chi connectivity index (χ1n) is 6.33. The SMILES string of the molecule is NC1CCC2CN(Cc3csc([N+](=O)[O-])c3)CC12. The topological polar surface area (TPSA) is 72.4 Å². The van der Waals surface area contributed by atoms with E-state index in [1.807, 2.05) is 5.38 Å². The molecular formula is C12H17N3O2S. The Balaban J connectivity index is 1.62. The molecule has 3 rings (SSSR count). The third-order valence-corrected chi connectivity index (χ3v) is 5.14. The number of nitrogens with two attached hydrogens (primary N) is 1. The van der Waals surface area contributed by atoms with Crippen molar-refractivity contribution in [3.05, 3.63) is 27.1 Å². The predicted molar refractivity (Wildman–Crippen MR) is 70.4 cm³/mol. The first-order valence-corrected chi connectivity index (χ1v) is 7.21. The van der Waals surface area contributed by atoms with Gasteiger partial charge in [-0.25, -0.2) is 0 Å². The van der Waals surface area contributed by atoms with Crippen molar-refractivity contribution in [2.24, 2.45) is 17.6 Å². The third kappa shape index (κ3) is 2.15. The molecular weight excluding hydrogens is 250 g/mol. The molecule has 1 aliphatic carbocycles. The summed E-state index contributed by atoms with van der Waals surface area (Å²) in [5.74, 6) is 1.38. The van der Waals surface area contributed by atoms with Gasteiger partial charge < -0.3 is 5.73 Å². The van der Waals surface area contributed by atoms with Crippen molar-refractivity contribution in [3.8, 4) is 0 Å². The molecule has 2 N–H and O–H groups in total. The molecule has 1 saturated carbocycles. The molecule has 0 amide bonds. The van der Waals surface area contributed by atoms with Crippen LogP contribution < -0.4 is 5.73 Å². The normalized spacial score (nSPS) is 31.7. The van der Waals surface area contributed by atoms with Gasteiger partial charge >= 0.3 is 5.00 Å². The molecule has 1 aliphatic heterocycles. The van der Waals surface area contributed by atoms with Gasteiger partial charge in [-0.05, 0) is 30.2 Å². The second-order valence-electron chi connectivity index (χ2n) is 5.41. The van der Waals surface area contributed by atoms with Crippen molar-refractivity contribution in [1.29, 1.82) is 0 Å². The van der Waals surface area contributed by atoms with Crippen LogP contribution >= 0.6 is 11.3 Å². The van der Waals surface area contributed by atoms with Crippen molar-refractivity contribution in [2.45, 2.75) is 25.4 Å². The smallest absolute Gasteiger partial charge is 0.324 e. The molecule has 3 atom stereocenters. The average molecular weight is 267 g/mol. The summed E-state index contributed by atoms with van der Waals surface area (Å²) in [6.07, 6.45) is 2.40. The van der Waals surface area contributed by atoms with Gasteiger partial charge in [-0.3, -0.25) is 15.0 Å². The maximum absolute atomic E-state index is 10.6. The highest BCUT2D eigenvalue weighted by Crippen LogP contribution is 2.38. The molecule has 1 aromatic rings. The Morgan fingerprint density at radius 3 is 3.00 bits per heavy atom. The van der Waals surface area contributed by atoms with Crippen LogP contribution in [-0.4, -0.2) is 29.0 Å². The largest absolute Gasteiger partial charge is 0.327 e. The van der Waals surface area contributed by atoms with Gasteiger partial charge in [-0.15, -0.1) is 0 Å². The molecule has 1 saturated heterocycles. The summed E-state index contributed by atoms with van der Waals surface area (Å²) in [4.78, 5) is 12.7. The molecule has 0 bridgehead atoms. The molecule has 98 valence electrons. The maximum atomic E-state index is 10.6. The number of likely N-dealkylation sites (tertiary alicyclic amines) is 1. The average Bonchev–Trinajstić information content (AvgIpc) is 2.98. The van der Waals surface area contributed by atoms with Gasteiger partial charge in [0.25, 0.3) is 0 Å². The van der Waals surface area contributed by atoms with E-state index in [2.05, 4.69) is 4.90 Å². The van der Waals surface area contributed by atoms with Crippen molar-refractivity contribution >= 4 is 16.3 Å². The van der Waals surface area contributed by atoms with E-state index in [4.69, 9.17) is 5.73 Å². The van der Waals surface area contributed by atoms with E-state index >= 15 is 0 Å². The van der Waals surface area contributed by atoms with Crippen LogP contribution in [0.15, 0.2) is 11.4 Å². The lowest BCUT2D eigenvalue weighted by Gasteiger charge is -2.17. The van der Waals surface area contributed by atoms with Crippen LogP contribution in [0.3, 0.4) is 0 Å². The minimum Gasteiger partial charge on any atom is -0.327 e. The lowest BCUT2D eigenvalue weighted by molar-refractivity contribution is -0.380. The van der Waals surface area contributed by atoms with E-state index in [-0.39, 0.29) is 9.92 Å². The van der Waals surface area contributed by atoms with Crippen LogP contribution in [0.2, 0.25) is 0 Å². The first-order chi connectivity index (χ1) is 8.63. The molecule has 5 nitrogen and oxygen atoms in total. The quantitative estimate of drug-likeness (QED) is 0.670. The molecule has 0 radical (unpaired) electrons. The van der Waals surface area contributed by atoms with Crippen molar-refractivity contribution in [1.82, 2.24) is 4.90 Å². The Bertz CT molecular complexity index is 462. The fourth-order valence-electron chi connectivity index (χ4n) is 3.33. The number of fused-ring (bicyclic) bond motifs is 1. The fraction of sp³-hybridized carbons (Fsp3) is 0.667. The van der Waals surface area contributed by atoms with Crippen molar-refractivity contribution < 1.29 is 4.92 Å². The lowest BCUT2D eigenvalue weighted by atomic mass is 9.98. The zero-order chi connectivity index (χ0) is 12.7. The standard InChI is InChI=1S/C12H17N3O2S/c13-11-2-1-9-5-14(6-10(9)11)4-8-3-12(15(16)17)18-7-8/h3,7,9-11H,1-2,4-6,13H2. The van der Waals surface area contributed by atoms with Crippen LogP contribution in [0.25, 0.3) is 0 Å². The Hall–Kier alpha value is -0.980. The van der Waals surface area contributed by atoms with Gasteiger partial charge in [0.15, 0.2) is 0 Å². The Morgan fingerprint density at radius 2 is 2.33 bits per heavy atom. The summed E-state index contributed by atoms with van der Waals surface area (Å²) in [6, 6.07) is 2.05. The molecule has 0 aromatic carbocycles. The first kappa shape index (κ1) is 12.1. The number of hydrogen-bond acceptors (Lipinski definition) is 5. The summed E-state index contributed by atoms with van der Waals surface area (Å²) in [5.41, 5.74) is 7.16. The highest BCUT2D eigenvalue weighted by Gasteiger charge is 2.40. The second kappa shape index (κ2) is 4.60. The number of thiophene rings is 1. The number of rotatable bonds is 3. The fourth-order valence-corrected chi connectivity index (χ4v) is 4.05. The minimum atomic E-state index is -0.317. The van der Waals surface area contributed by atoms with Crippen LogP contribution in [0.1, 0.15) is 18.4 Å². The predicted octanol–water partition coefficient (Wildman–Crippen LogP) is 1.83. The maximum Gasteiger partial charge on any atom is 0.324 e. The van der Waals surface area contributed by atoms with Crippen LogP contribution in [0, 0.1) is 22.0 Å². The third-order valence-electron chi connectivity index (χ3n) is 4.21. The van der Waals surface area contributed by atoms with Gasteiger partial charge in [0, 0.05) is 37.1 Å². The zero-order valence-corrected chi connectivity index (χ0v) is 10.9. The summed E-state index contributed by atoms with van der Waals surface area (Å²) < 4.78 is 0. The highest BCUT2D eigenvalue weighted by atomic mass is 32.1.